The van der Waals surface area contributed by atoms with Crippen molar-refractivity contribution in [3.8, 4) is 0 Å². The van der Waals surface area contributed by atoms with Crippen molar-refractivity contribution in [3.05, 3.63) is 58.4 Å². The minimum atomic E-state index is -0.378. The quantitative estimate of drug-likeness (QED) is 0.888. The Morgan fingerprint density at radius 3 is 2.25 bits per heavy atom. The van der Waals surface area contributed by atoms with Gasteiger partial charge in [0.1, 0.15) is 0 Å². The van der Waals surface area contributed by atoms with Gasteiger partial charge in [0, 0.05) is 18.9 Å². The lowest BCUT2D eigenvalue weighted by molar-refractivity contribution is 0.127. The van der Waals surface area contributed by atoms with Crippen LogP contribution in [0.25, 0.3) is 0 Å². The van der Waals surface area contributed by atoms with E-state index in [0.717, 1.165) is 12.1 Å². The third-order valence-corrected chi connectivity index (χ3v) is 3.93. The summed E-state index contributed by atoms with van der Waals surface area (Å²) < 4.78 is 2.16. The molecule has 1 heterocycles. The second-order valence-corrected chi connectivity index (χ2v) is 6.18. The van der Waals surface area contributed by atoms with Gasteiger partial charge in [-0.15, -0.1) is 0 Å². The molecule has 2 aromatic rings. The number of hydrogen-bond donors (Lipinski definition) is 1. The number of aliphatic hydroxyl groups excluding tert-OH is 1. The van der Waals surface area contributed by atoms with E-state index in [4.69, 9.17) is 0 Å². The Labute approximate surface area is 122 Å². The van der Waals surface area contributed by atoms with Crippen molar-refractivity contribution in [2.45, 2.75) is 47.3 Å². The third-order valence-electron chi connectivity index (χ3n) is 3.93. The lowest BCUT2D eigenvalue weighted by atomic mass is 10.00. The predicted octanol–water partition coefficient (Wildman–Crippen LogP) is 4.15. The molecule has 1 N–H and O–H groups in total. The minimum Gasteiger partial charge on any atom is -0.388 e. The fraction of sp³-hybridized carbons (Fsp3) is 0.444. The number of aliphatic hydroxyl groups is 1. The molecule has 2 heteroatoms. The predicted molar refractivity (Wildman–Crippen MR) is 84.0 cm³/mol. The summed E-state index contributed by atoms with van der Waals surface area (Å²) in [6.07, 6.45) is 3.74. The van der Waals surface area contributed by atoms with Gasteiger partial charge in [-0.3, -0.25) is 0 Å². The van der Waals surface area contributed by atoms with Gasteiger partial charge in [-0.2, -0.15) is 0 Å². The molecule has 2 nitrogen and oxygen atoms in total. The van der Waals surface area contributed by atoms with E-state index in [9.17, 15) is 5.11 Å². The molecule has 0 amide bonds. The van der Waals surface area contributed by atoms with Crippen LogP contribution in [0.15, 0.2) is 30.6 Å². The number of nitrogens with zero attached hydrogens (tertiary/aromatic N) is 1. The van der Waals surface area contributed by atoms with Gasteiger partial charge in [0.2, 0.25) is 0 Å². The molecule has 1 aromatic carbocycles. The molecule has 0 bridgehead atoms. The van der Waals surface area contributed by atoms with E-state index in [2.05, 4.69) is 49.9 Å². The highest BCUT2D eigenvalue weighted by Crippen LogP contribution is 2.23. The molecule has 0 spiro atoms. The molecular formula is C18H25NO. The molecular weight excluding hydrogens is 246 g/mol. The SMILES string of the molecule is Cc1cc(C)c(Cn2ccc(C(O)C(C)C)c2)c(C)c1. The van der Waals surface area contributed by atoms with Crippen molar-refractivity contribution in [2.24, 2.45) is 5.92 Å². The normalized spacial score (nSPS) is 12.9. The van der Waals surface area contributed by atoms with Crippen LogP contribution in [0.5, 0.6) is 0 Å². The lowest BCUT2D eigenvalue weighted by Crippen LogP contribution is -2.05. The monoisotopic (exact) mass is 271 g/mol. The van der Waals surface area contributed by atoms with E-state index < -0.39 is 0 Å². The first-order chi connectivity index (χ1) is 9.38. The van der Waals surface area contributed by atoms with E-state index in [1.165, 1.54) is 22.3 Å². The van der Waals surface area contributed by atoms with Crippen LogP contribution < -0.4 is 0 Å². The molecule has 0 radical (unpaired) electrons. The molecule has 0 fully saturated rings. The van der Waals surface area contributed by atoms with Gasteiger partial charge in [0.15, 0.2) is 0 Å². The third kappa shape index (κ3) is 3.13. The summed E-state index contributed by atoms with van der Waals surface area (Å²) in [5.74, 6) is 0.244. The highest BCUT2D eigenvalue weighted by atomic mass is 16.3. The Morgan fingerprint density at radius 1 is 1.10 bits per heavy atom. The van der Waals surface area contributed by atoms with Crippen molar-refractivity contribution < 1.29 is 5.11 Å². The van der Waals surface area contributed by atoms with Crippen molar-refractivity contribution in [2.75, 3.05) is 0 Å². The Kier molecular flexibility index (Phi) is 4.34. The molecule has 1 atom stereocenters. The fourth-order valence-corrected chi connectivity index (χ4v) is 2.76. The van der Waals surface area contributed by atoms with Crippen molar-refractivity contribution in [3.63, 3.8) is 0 Å². The molecule has 0 saturated heterocycles. The maximum atomic E-state index is 10.1. The van der Waals surface area contributed by atoms with Crippen LogP contribution in [-0.2, 0) is 6.54 Å². The number of hydrogen-bond acceptors (Lipinski definition) is 1. The zero-order chi connectivity index (χ0) is 14.9. The Balaban J connectivity index is 2.23. The molecule has 108 valence electrons. The summed E-state index contributed by atoms with van der Waals surface area (Å²) in [4.78, 5) is 0. The van der Waals surface area contributed by atoms with Crippen LogP contribution in [0.1, 0.15) is 47.8 Å². The summed E-state index contributed by atoms with van der Waals surface area (Å²) in [5.41, 5.74) is 6.36. The van der Waals surface area contributed by atoms with Gasteiger partial charge < -0.3 is 9.67 Å². The molecule has 0 aliphatic carbocycles. The zero-order valence-electron chi connectivity index (χ0n) is 13.1. The highest BCUT2D eigenvalue weighted by molar-refractivity contribution is 5.37. The summed E-state index contributed by atoms with van der Waals surface area (Å²) in [6, 6.07) is 6.48. The van der Waals surface area contributed by atoms with Gasteiger partial charge in [0.05, 0.1) is 6.10 Å². The number of aryl methyl sites for hydroxylation is 3. The van der Waals surface area contributed by atoms with Gasteiger partial charge >= 0.3 is 0 Å². The molecule has 0 aliphatic heterocycles. The number of aromatic nitrogens is 1. The number of rotatable bonds is 4. The highest BCUT2D eigenvalue weighted by Gasteiger charge is 2.13. The summed E-state index contributed by atoms with van der Waals surface area (Å²) >= 11 is 0. The molecule has 20 heavy (non-hydrogen) atoms. The van der Waals surface area contributed by atoms with E-state index in [1.807, 2.05) is 19.9 Å². The standard InChI is InChI=1S/C18H25NO/c1-12(2)18(20)16-6-7-19(10-16)11-17-14(4)8-13(3)9-15(17)5/h6-10,12,18,20H,11H2,1-5H3. The Bertz CT molecular complexity index is 572. The van der Waals surface area contributed by atoms with Gasteiger partial charge in [-0.1, -0.05) is 31.5 Å². The van der Waals surface area contributed by atoms with E-state index in [1.54, 1.807) is 0 Å². The first kappa shape index (κ1) is 14.9. The largest absolute Gasteiger partial charge is 0.388 e. The average molecular weight is 271 g/mol. The van der Waals surface area contributed by atoms with Crippen LogP contribution in [-0.4, -0.2) is 9.67 Å². The molecule has 0 saturated carbocycles. The first-order valence-electron chi connectivity index (χ1n) is 7.29. The minimum absolute atomic E-state index is 0.244. The maximum Gasteiger partial charge on any atom is 0.0827 e. The maximum absolute atomic E-state index is 10.1. The van der Waals surface area contributed by atoms with Crippen LogP contribution in [0.3, 0.4) is 0 Å². The topological polar surface area (TPSA) is 25.2 Å². The Hall–Kier alpha value is -1.54. The van der Waals surface area contributed by atoms with E-state index in [-0.39, 0.29) is 12.0 Å². The van der Waals surface area contributed by atoms with Crippen LogP contribution in [0.4, 0.5) is 0 Å². The van der Waals surface area contributed by atoms with Crippen LogP contribution in [0, 0.1) is 26.7 Å². The van der Waals surface area contributed by atoms with Crippen LogP contribution >= 0.6 is 0 Å². The van der Waals surface area contributed by atoms with Gasteiger partial charge in [-0.05, 0) is 55.0 Å². The van der Waals surface area contributed by atoms with Gasteiger partial charge in [0.25, 0.3) is 0 Å². The fourth-order valence-electron chi connectivity index (χ4n) is 2.76. The first-order valence-corrected chi connectivity index (χ1v) is 7.29. The molecule has 0 aliphatic rings. The molecule has 2 rings (SSSR count). The molecule has 1 aromatic heterocycles. The van der Waals surface area contributed by atoms with Gasteiger partial charge in [-0.25, -0.2) is 0 Å². The summed E-state index contributed by atoms with van der Waals surface area (Å²) in [5, 5.41) is 10.1. The van der Waals surface area contributed by atoms with Crippen molar-refractivity contribution in [1.29, 1.82) is 0 Å². The van der Waals surface area contributed by atoms with E-state index >= 15 is 0 Å². The summed E-state index contributed by atoms with van der Waals surface area (Å²) in [7, 11) is 0. The Morgan fingerprint density at radius 2 is 1.70 bits per heavy atom. The number of benzene rings is 1. The van der Waals surface area contributed by atoms with Crippen molar-refractivity contribution >= 4 is 0 Å². The van der Waals surface area contributed by atoms with Crippen molar-refractivity contribution in [1.82, 2.24) is 4.57 Å². The smallest absolute Gasteiger partial charge is 0.0827 e. The lowest BCUT2D eigenvalue weighted by Gasteiger charge is -2.14. The average Bonchev–Trinajstić information content (AvgIpc) is 2.81. The zero-order valence-corrected chi connectivity index (χ0v) is 13.1. The van der Waals surface area contributed by atoms with Crippen LogP contribution in [0.2, 0.25) is 0 Å². The summed E-state index contributed by atoms with van der Waals surface area (Å²) in [6.45, 7) is 11.4. The van der Waals surface area contributed by atoms with E-state index in [0.29, 0.717) is 0 Å². The second kappa shape index (κ2) is 5.84. The second-order valence-electron chi connectivity index (χ2n) is 6.18. The molecule has 1 unspecified atom stereocenters.